The summed E-state index contributed by atoms with van der Waals surface area (Å²) >= 11 is 0. The maximum absolute atomic E-state index is 13.2. The van der Waals surface area contributed by atoms with Gasteiger partial charge in [-0.1, -0.05) is 6.07 Å². The molecule has 0 bridgehead atoms. The molecule has 0 spiro atoms. The van der Waals surface area contributed by atoms with Crippen molar-refractivity contribution < 1.29 is 33.7 Å². The van der Waals surface area contributed by atoms with Gasteiger partial charge in [-0.15, -0.1) is 0 Å². The van der Waals surface area contributed by atoms with Crippen LogP contribution in [0, 0.1) is 13.8 Å². The third kappa shape index (κ3) is 8.37. The third-order valence-corrected chi connectivity index (χ3v) is 7.18. The molecule has 0 radical (unpaired) electrons. The number of fused-ring (bicyclic) bond motifs is 1. The van der Waals surface area contributed by atoms with E-state index < -0.39 is 23.8 Å². The van der Waals surface area contributed by atoms with Gasteiger partial charge in [0, 0.05) is 28.7 Å². The Balaban J connectivity index is 1.43. The van der Waals surface area contributed by atoms with Crippen LogP contribution in [0.25, 0.3) is 5.82 Å². The number of aliphatic hydroxyl groups excluding tert-OH is 1. The van der Waals surface area contributed by atoms with Crippen molar-refractivity contribution in [3.63, 3.8) is 0 Å². The van der Waals surface area contributed by atoms with Crippen molar-refractivity contribution in [2.45, 2.75) is 72.2 Å². The van der Waals surface area contributed by atoms with Gasteiger partial charge >= 0.3 is 12.1 Å². The van der Waals surface area contributed by atoms with Gasteiger partial charge in [-0.2, -0.15) is 0 Å². The number of rotatable bonds is 10. The van der Waals surface area contributed by atoms with Gasteiger partial charge in [0.25, 0.3) is 5.91 Å². The zero-order valence-corrected chi connectivity index (χ0v) is 26.3. The van der Waals surface area contributed by atoms with E-state index >= 15 is 0 Å². The monoisotopic (exact) mass is 606 g/mol. The number of ether oxygens (including phenoxy) is 3. The van der Waals surface area contributed by atoms with Crippen LogP contribution in [0.15, 0.2) is 48.7 Å². The van der Waals surface area contributed by atoms with Crippen LogP contribution < -0.4 is 10.1 Å². The van der Waals surface area contributed by atoms with Crippen molar-refractivity contribution >= 4 is 18.0 Å². The van der Waals surface area contributed by atoms with E-state index in [0.29, 0.717) is 29.7 Å². The highest BCUT2D eigenvalue weighted by Crippen LogP contribution is 2.30. The topological polar surface area (TPSA) is 132 Å². The van der Waals surface area contributed by atoms with Crippen molar-refractivity contribution in [1.29, 1.82) is 0 Å². The Kier molecular flexibility index (Phi) is 10.3. The summed E-state index contributed by atoms with van der Waals surface area (Å²) < 4.78 is 18.8. The van der Waals surface area contributed by atoms with Crippen molar-refractivity contribution in [3.8, 4) is 11.6 Å². The second kappa shape index (κ2) is 13.9. The SMILES string of the molecule is CCOC(=O)CNC(=O)c1ccc2c(c1)CC[C@H](CN(C[C@@H](O)c1ccc(-n3c(C)ccc3C)nc1)C(=O)OC(C)(C)C)O2. The van der Waals surface area contributed by atoms with Crippen LogP contribution in [-0.2, 0) is 20.7 Å². The minimum absolute atomic E-state index is 0.0101. The zero-order valence-electron chi connectivity index (χ0n) is 26.3. The van der Waals surface area contributed by atoms with Gasteiger partial charge in [-0.05, 0) is 96.3 Å². The number of amides is 2. The van der Waals surface area contributed by atoms with E-state index in [9.17, 15) is 19.5 Å². The molecule has 0 fully saturated rings. The van der Waals surface area contributed by atoms with Crippen molar-refractivity contribution in [3.05, 3.63) is 76.7 Å². The molecule has 44 heavy (non-hydrogen) atoms. The minimum atomic E-state index is -0.998. The molecule has 3 heterocycles. The average Bonchev–Trinajstić information content (AvgIpc) is 3.31. The van der Waals surface area contributed by atoms with Crippen LogP contribution in [-0.4, -0.2) is 75.5 Å². The van der Waals surface area contributed by atoms with E-state index in [-0.39, 0.29) is 38.3 Å². The van der Waals surface area contributed by atoms with Crippen molar-refractivity contribution in [2.24, 2.45) is 0 Å². The standard InChI is InChI=1S/C33H42N4O7/c1-7-42-30(39)18-35-31(40)24-11-14-28-23(16-24)10-13-26(43-28)19-36(32(41)44-33(4,5)6)20-27(38)25-12-15-29(34-17-25)37-21(2)8-9-22(37)3/h8-9,11-12,14-17,26-27,38H,7,10,13,18-20H2,1-6H3,(H,35,40)/t26-,27-/m1/s1. The van der Waals surface area contributed by atoms with Gasteiger partial charge in [-0.25, -0.2) is 9.78 Å². The zero-order chi connectivity index (χ0) is 32.0. The number of carbonyl (C=O) groups excluding carboxylic acids is 3. The molecule has 0 saturated carbocycles. The van der Waals surface area contributed by atoms with E-state index in [1.54, 1.807) is 52.1 Å². The summed E-state index contributed by atoms with van der Waals surface area (Å²) in [7, 11) is 0. The Labute approximate surface area is 258 Å². The third-order valence-electron chi connectivity index (χ3n) is 7.18. The van der Waals surface area contributed by atoms with Crippen LogP contribution in [0.2, 0.25) is 0 Å². The second-order valence-electron chi connectivity index (χ2n) is 11.9. The molecule has 236 valence electrons. The fraction of sp³-hybridized carbons (Fsp3) is 0.455. The fourth-order valence-electron chi connectivity index (χ4n) is 5.05. The van der Waals surface area contributed by atoms with E-state index in [0.717, 1.165) is 22.8 Å². The summed E-state index contributed by atoms with van der Waals surface area (Å²) in [6.45, 7) is 11.3. The summed E-state index contributed by atoms with van der Waals surface area (Å²) in [5, 5.41) is 13.7. The number of esters is 1. The predicted molar refractivity (Wildman–Crippen MR) is 164 cm³/mol. The molecule has 0 unspecified atom stereocenters. The maximum atomic E-state index is 13.2. The van der Waals surface area contributed by atoms with E-state index in [4.69, 9.17) is 14.2 Å². The number of benzene rings is 1. The van der Waals surface area contributed by atoms with Crippen LogP contribution in [0.4, 0.5) is 4.79 Å². The lowest BCUT2D eigenvalue weighted by Crippen LogP contribution is -2.45. The molecule has 1 aliphatic rings. The molecule has 2 aromatic heterocycles. The molecule has 11 nitrogen and oxygen atoms in total. The Morgan fingerprint density at radius 3 is 2.50 bits per heavy atom. The number of carbonyl (C=O) groups is 3. The largest absolute Gasteiger partial charge is 0.488 e. The summed E-state index contributed by atoms with van der Waals surface area (Å²) in [6.07, 6.45) is 0.922. The number of aromatic nitrogens is 2. The number of hydrogen-bond donors (Lipinski definition) is 2. The second-order valence-corrected chi connectivity index (χ2v) is 11.9. The fourth-order valence-corrected chi connectivity index (χ4v) is 5.05. The van der Waals surface area contributed by atoms with Gasteiger partial charge < -0.3 is 34.1 Å². The number of hydrogen-bond acceptors (Lipinski definition) is 8. The van der Waals surface area contributed by atoms with E-state index in [2.05, 4.69) is 10.3 Å². The Morgan fingerprint density at radius 2 is 1.86 bits per heavy atom. The maximum Gasteiger partial charge on any atom is 0.410 e. The lowest BCUT2D eigenvalue weighted by atomic mass is 9.99. The summed E-state index contributed by atoms with van der Waals surface area (Å²) in [5.41, 5.74) is 3.24. The molecule has 0 saturated heterocycles. The Morgan fingerprint density at radius 1 is 1.14 bits per heavy atom. The lowest BCUT2D eigenvalue weighted by Gasteiger charge is -2.33. The van der Waals surface area contributed by atoms with Gasteiger partial charge in [0.15, 0.2) is 0 Å². The normalized spacial score (nSPS) is 15.0. The van der Waals surface area contributed by atoms with E-state index in [1.807, 2.05) is 42.7 Å². The number of nitrogens with one attached hydrogen (secondary N) is 1. The van der Waals surface area contributed by atoms with Crippen molar-refractivity contribution in [2.75, 3.05) is 26.2 Å². The number of pyridine rings is 1. The molecule has 1 aliphatic heterocycles. The minimum Gasteiger partial charge on any atom is -0.488 e. The first kappa shape index (κ1) is 32.5. The highest BCUT2D eigenvalue weighted by molar-refractivity contribution is 5.96. The highest BCUT2D eigenvalue weighted by Gasteiger charge is 2.30. The first-order valence-corrected chi connectivity index (χ1v) is 14.8. The summed E-state index contributed by atoms with van der Waals surface area (Å²) in [6, 6.07) is 12.8. The summed E-state index contributed by atoms with van der Waals surface area (Å²) in [5.74, 6) is 0.483. The molecule has 2 N–H and O–H groups in total. The van der Waals surface area contributed by atoms with E-state index in [1.165, 1.54) is 4.90 Å². The molecule has 1 aromatic carbocycles. The summed E-state index contributed by atoms with van der Waals surface area (Å²) in [4.78, 5) is 43.4. The number of aryl methyl sites for hydroxylation is 3. The molecular weight excluding hydrogens is 564 g/mol. The van der Waals surface area contributed by atoms with Gasteiger partial charge in [0.1, 0.15) is 29.8 Å². The predicted octanol–water partition coefficient (Wildman–Crippen LogP) is 4.45. The molecule has 3 aromatic rings. The quantitative estimate of drug-likeness (QED) is 0.324. The molecule has 4 rings (SSSR count). The Hall–Kier alpha value is -4.38. The highest BCUT2D eigenvalue weighted by atomic mass is 16.6. The Bertz CT molecular complexity index is 1460. The van der Waals surface area contributed by atoms with Crippen LogP contribution in [0.1, 0.15) is 73.1 Å². The number of aliphatic hydroxyl groups is 1. The van der Waals surface area contributed by atoms with Crippen molar-refractivity contribution in [1.82, 2.24) is 19.8 Å². The van der Waals surface area contributed by atoms with Gasteiger partial charge in [0.05, 0.1) is 25.8 Å². The van der Waals surface area contributed by atoms with Crippen LogP contribution in [0.3, 0.4) is 0 Å². The lowest BCUT2D eigenvalue weighted by molar-refractivity contribution is -0.141. The molecule has 2 amide bonds. The molecular formula is C33H42N4O7. The smallest absolute Gasteiger partial charge is 0.410 e. The molecule has 2 atom stereocenters. The number of nitrogens with zero attached hydrogens (tertiary/aromatic N) is 3. The van der Waals surface area contributed by atoms with Crippen LogP contribution in [0.5, 0.6) is 5.75 Å². The van der Waals surface area contributed by atoms with Crippen LogP contribution >= 0.6 is 0 Å². The van der Waals surface area contributed by atoms with Gasteiger partial charge in [0.2, 0.25) is 0 Å². The first-order valence-electron chi connectivity index (χ1n) is 14.8. The van der Waals surface area contributed by atoms with Gasteiger partial charge in [-0.3, -0.25) is 9.59 Å². The average molecular weight is 607 g/mol. The molecule has 11 heteroatoms. The molecule has 0 aliphatic carbocycles. The first-order chi connectivity index (χ1) is 20.8.